The Morgan fingerprint density at radius 3 is 0.744 bits per heavy atom. The van der Waals surface area contributed by atoms with Crippen molar-refractivity contribution in [3.05, 3.63) is 0 Å². The second kappa shape index (κ2) is 17.8. The molecule has 39 heavy (non-hydrogen) atoms. The fourth-order valence-electron chi connectivity index (χ4n) is 4.16. The molecule has 0 heterocycles. The van der Waals surface area contributed by atoms with Crippen LogP contribution in [0.25, 0.3) is 0 Å². The molecular formula is C21H56O12Si6. The molecule has 0 radical (unpaired) electrons. The maximum atomic E-state index is 6.65. The van der Waals surface area contributed by atoms with E-state index in [0.29, 0.717) is 46.2 Å². The fourth-order valence-corrected chi connectivity index (χ4v) is 27.2. The smallest absolute Gasteiger partial charge is 0.395 e. The second-order valence-corrected chi connectivity index (χ2v) is 26.8. The van der Waals surface area contributed by atoms with E-state index in [1.54, 1.807) is 19.6 Å². The van der Waals surface area contributed by atoms with Gasteiger partial charge in [-0.1, -0.05) is 0 Å². The van der Waals surface area contributed by atoms with Gasteiger partial charge in [-0.15, -0.1) is 0 Å². The van der Waals surface area contributed by atoms with Gasteiger partial charge in [-0.05, 0) is 61.6 Å². The Kier molecular flexibility index (Phi) is 18.2. The van der Waals surface area contributed by atoms with Gasteiger partial charge in [0.15, 0.2) is 0 Å². The van der Waals surface area contributed by atoms with Gasteiger partial charge < -0.3 is 51.6 Å². The highest BCUT2D eigenvalue weighted by molar-refractivity contribution is 6.86. The molecule has 0 spiro atoms. The van der Waals surface area contributed by atoms with Crippen LogP contribution >= 0.6 is 0 Å². The minimum absolute atomic E-state index is 0.336. The average Bonchev–Trinajstić information content (AvgIpc) is 2.72. The molecule has 0 saturated carbocycles. The molecule has 0 rings (SSSR count). The van der Waals surface area contributed by atoms with E-state index < -0.39 is 52.6 Å². The first-order valence-corrected chi connectivity index (χ1v) is 27.9. The van der Waals surface area contributed by atoms with Crippen LogP contribution in [0.3, 0.4) is 0 Å². The van der Waals surface area contributed by atoms with Crippen molar-refractivity contribution < 1.29 is 51.6 Å². The summed E-state index contributed by atoms with van der Waals surface area (Å²) in [4.78, 5) is 0. The molecule has 0 amide bonds. The van der Waals surface area contributed by atoms with Crippen molar-refractivity contribution in [1.29, 1.82) is 0 Å². The van der Waals surface area contributed by atoms with Crippen LogP contribution in [-0.2, 0) is 51.6 Å². The predicted molar refractivity (Wildman–Crippen MR) is 162 cm³/mol. The molecular weight excluding hydrogens is 613 g/mol. The predicted octanol–water partition coefficient (Wildman–Crippen LogP) is 4.87. The van der Waals surface area contributed by atoms with Gasteiger partial charge in [0.2, 0.25) is 0 Å². The summed E-state index contributed by atoms with van der Waals surface area (Å²) in [7, 11) is -19.3. The number of hydrogen-bond acceptors (Lipinski definition) is 12. The van der Waals surface area contributed by atoms with Crippen LogP contribution in [0.5, 0.6) is 0 Å². The zero-order valence-electron chi connectivity index (χ0n) is 26.8. The zero-order chi connectivity index (χ0) is 30.4. The van der Waals surface area contributed by atoms with Crippen LogP contribution in [0, 0.1) is 0 Å². The highest BCUT2D eigenvalue weighted by atomic mass is 28.5. The first-order valence-electron chi connectivity index (χ1n) is 13.9. The zero-order valence-corrected chi connectivity index (χ0v) is 32.8. The van der Waals surface area contributed by atoms with Gasteiger partial charge in [0, 0.05) is 79.0 Å². The Morgan fingerprint density at radius 2 is 0.487 bits per heavy atom. The lowest BCUT2D eigenvalue weighted by atomic mass is 10.9. The molecule has 0 saturated heterocycles. The summed E-state index contributed by atoms with van der Waals surface area (Å²) in [6.07, 6.45) is 0. The second-order valence-electron chi connectivity index (χ2n) is 9.25. The largest absolute Gasteiger partial charge is 0.490 e. The maximum Gasteiger partial charge on any atom is 0.490 e. The highest BCUT2D eigenvalue weighted by Gasteiger charge is 2.59. The summed E-state index contributed by atoms with van der Waals surface area (Å²) in [5.74, 6) is 0. The van der Waals surface area contributed by atoms with Gasteiger partial charge in [-0.3, -0.25) is 0 Å². The van der Waals surface area contributed by atoms with Crippen molar-refractivity contribution in [2.24, 2.45) is 0 Å². The van der Waals surface area contributed by atoms with Crippen LogP contribution in [0.2, 0.25) is 45.8 Å². The Labute approximate surface area is 244 Å². The third kappa shape index (κ3) is 15.2. The first kappa shape index (κ1) is 39.8. The Hall–Kier alpha value is 0.821. The molecule has 0 aliphatic carbocycles. The van der Waals surface area contributed by atoms with E-state index in [1.807, 2.05) is 74.7 Å². The minimum Gasteiger partial charge on any atom is -0.395 e. The van der Waals surface area contributed by atoms with Gasteiger partial charge in [0.05, 0.1) is 0 Å². The molecule has 0 bridgehead atoms. The maximum absolute atomic E-state index is 6.65. The van der Waals surface area contributed by atoms with Crippen molar-refractivity contribution >= 4 is 52.6 Å². The molecule has 0 fully saturated rings. The lowest BCUT2D eigenvalue weighted by Crippen LogP contribution is -2.66. The van der Waals surface area contributed by atoms with Crippen molar-refractivity contribution in [3.8, 4) is 0 Å². The minimum atomic E-state index is -3.51. The average molecular weight is 669 g/mol. The third-order valence-electron chi connectivity index (χ3n) is 4.85. The standard InChI is InChI=1S/C21H56O12Si6/c1-15-22-34(8,9)29-36(11,25-18-4)31-38(13,27-20-6)33-39(14,28-21-7)32-37(12,26-19-5)30-35(10,23-16-2)24-17-3/h15-21H2,1-14H3. The first-order chi connectivity index (χ1) is 18.0. The molecule has 4 atom stereocenters. The van der Waals surface area contributed by atoms with Crippen LogP contribution in [0.15, 0.2) is 0 Å². The van der Waals surface area contributed by atoms with Crippen LogP contribution in [0.4, 0.5) is 0 Å². The van der Waals surface area contributed by atoms with Gasteiger partial charge in [0.25, 0.3) is 0 Å². The molecule has 18 heteroatoms. The van der Waals surface area contributed by atoms with Gasteiger partial charge in [-0.2, -0.15) is 0 Å². The van der Waals surface area contributed by atoms with E-state index in [-0.39, 0.29) is 0 Å². The van der Waals surface area contributed by atoms with Crippen molar-refractivity contribution in [2.75, 3.05) is 46.2 Å². The van der Waals surface area contributed by atoms with Crippen molar-refractivity contribution in [2.45, 2.75) is 94.3 Å². The summed E-state index contributed by atoms with van der Waals surface area (Å²) in [5.41, 5.74) is 0. The lowest BCUT2D eigenvalue weighted by Gasteiger charge is -2.43. The molecule has 0 aromatic rings. The van der Waals surface area contributed by atoms with E-state index >= 15 is 0 Å². The summed E-state index contributed by atoms with van der Waals surface area (Å²) in [6, 6.07) is 0. The van der Waals surface area contributed by atoms with Gasteiger partial charge >= 0.3 is 52.6 Å². The van der Waals surface area contributed by atoms with Gasteiger partial charge in [0.1, 0.15) is 0 Å². The molecule has 4 unspecified atom stereocenters. The van der Waals surface area contributed by atoms with Gasteiger partial charge in [-0.25, -0.2) is 0 Å². The number of rotatable bonds is 24. The Bertz CT molecular complexity index is 679. The van der Waals surface area contributed by atoms with Crippen molar-refractivity contribution in [3.63, 3.8) is 0 Å². The van der Waals surface area contributed by atoms with Crippen LogP contribution < -0.4 is 0 Å². The van der Waals surface area contributed by atoms with Crippen molar-refractivity contribution in [1.82, 2.24) is 0 Å². The van der Waals surface area contributed by atoms with E-state index in [1.165, 1.54) is 0 Å². The van der Waals surface area contributed by atoms with E-state index in [2.05, 4.69) is 0 Å². The molecule has 0 aromatic heterocycles. The summed E-state index contributed by atoms with van der Waals surface area (Å²) in [5, 5.41) is 0. The lowest BCUT2D eigenvalue weighted by molar-refractivity contribution is 0.0458. The van der Waals surface area contributed by atoms with E-state index in [9.17, 15) is 0 Å². The normalized spacial score (nSPS) is 19.2. The fraction of sp³-hybridized carbons (Fsp3) is 1.00. The molecule has 12 nitrogen and oxygen atoms in total. The molecule has 236 valence electrons. The van der Waals surface area contributed by atoms with Crippen LogP contribution in [-0.4, -0.2) is 98.8 Å². The molecule has 0 N–H and O–H groups in total. The molecule has 0 aliphatic heterocycles. The topological polar surface area (TPSA) is 111 Å². The van der Waals surface area contributed by atoms with E-state index in [0.717, 1.165) is 0 Å². The third-order valence-corrected chi connectivity index (χ3v) is 26.0. The monoisotopic (exact) mass is 668 g/mol. The molecule has 0 aliphatic rings. The summed E-state index contributed by atoms with van der Waals surface area (Å²) in [6.45, 7) is 29.0. The van der Waals surface area contributed by atoms with E-state index in [4.69, 9.17) is 51.6 Å². The van der Waals surface area contributed by atoms with Crippen LogP contribution in [0.1, 0.15) is 48.5 Å². The Morgan fingerprint density at radius 1 is 0.282 bits per heavy atom. The molecule has 0 aromatic carbocycles. The summed E-state index contributed by atoms with van der Waals surface area (Å²) < 4.78 is 74.9. The Balaban J connectivity index is 6.32. The highest BCUT2D eigenvalue weighted by Crippen LogP contribution is 2.30. The summed E-state index contributed by atoms with van der Waals surface area (Å²) >= 11 is 0. The number of hydrogen-bond donors (Lipinski definition) is 0. The quantitative estimate of drug-likeness (QED) is 0.131. The SMILES string of the molecule is CCO[Si](C)(C)O[Si](C)(OCC)O[Si](C)(OCC)O[Si](C)(OCC)O[Si](C)(OCC)O[Si](C)(OCC)OCC.